The van der Waals surface area contributed by atoms with Gasteiger partial charge in [-0.15, -0.1) is 0 Å². The number of para-hydroxylation sites is 2. The Morgan fingerprint density at radius 1 is 0.357 bits per heavy atom. The fourth-order valence-corrected chi connectivity index (χ4v) is 7.19. The van der Waals surface area contributed by atoms with Gasteiger partial charge in [-0.1, -0.05) is 170 Å². The van der Waals surface area contributed by atoms with Gasteiger partial charge in [0, 0.05) is 33.5 Å². The van der Waals surface area contributed by atoms with Crippen molar-refractivity contribution in [3.05, 3.63) is 230 Å². The van der Waals surface area contributed by atoms with Gasteiger partial charge in [0.1, 0.15) is 0 Å². The van der Waals surface area contributed by atoms with E-state index in [2.05, 4.69) is 4.57 Å². The number of hydrogen-bond donors (Lipinski definition) is 0. The first-order valence-electron chi connectivity index (χ1n) is 24.2. The summed E-state index contributed by atoms with van der Waals surface area (Å²) in [6.07, 6.45) is 0. The summed E-state index contributed by atoms with van der Waals surface area (Å²) in [7, 11) is 0. The summed E-state index contributed by atoms with van der Waals surface area (Å²) in [6, 6.07) is 40.7. The summed E-state index contributed by atoms with van der Waals surface area (Å²) in [5, 5.41) is 1.40. The van der Waals surface area contributed by atoms with Crippen LogP contribution in [0, 0.1) is 0 Å². The second-order valence-electron chi connectivity index (χ2n) is 13.2. The summed E-state index contributed by atoms with van der Waals surface area (Å²) in [6.45, 7) is 0. The predicted octanol–water partition coefficient (Wildman–Crippen LogP) is 14.9. The van der Waals surface area contributed by atoms with Crippen LogP contribution >= 0.6 is 0 Å². The summed E-state index contributed by atoms with van der Waals surface area (Å²) in [5.74, 6) is 0. The Bertz CT molecular complexity index is 3580. The van der Waals surface area contributed by atoms with Crippen molar-refractivity contribution < 1.29 is 16.4 Å². The second kappa shape index (κ2) is 14.4. The van der Waals surface area contributed by atoms with E-state index in [1.165, 1.54) is 0 Å². The summed E-state index contributed by atoms with van der Waals surface area (Å²) >= 11 is 0. The van der Waals surface area contributed by atoms with Crippen molar-refractivity contribution in [1.82, 2.24) is 4.57 Å². The molecule has 0 fully saturated rings. The van der Waals surface area contributed by atoms with E-state index < -0.39 is 89.6 Å². The van der Waals surface area contributed by atoms with Gasteiger partial charge in [-0.25, -0.2) is 0 Å². The van der Waals surface area contributed by atoms with E-state index in [0.717, 1.165) is 38.1 Å². The molecule has 0 bridgehead atoms. The Balaban J connectivity index is 1.28. The molecule has 10 aromatic rings. The lowest BCUT2D eigenvalue weighted by atomic mass is 9.98. The van der Waals surface area contributed by atoms with E-state index in [-0.39, 0.29) is 16.7 Å². The Morgan fingerprint density at radius 3 is 1.48 bits per heavy atom. The molecule has 9 aromatic carbocycles. The third kappa shape index (κ3) is 6.14. The first-order chi connectivity index (χ1) is 32.8. The van der Waals surface area contributed by atoms with Crippen molar-refractivity contribution >= 4 is 38.9 Å². The molecule has 0 spiro atoms. The van der Waals surface area contributed by atoms with Crippen molar-refractivity contribution in [1.29, 1.82) is 0 Å². The number of anilines is 3. The molecule has 10 rings (SSSR count). The highest BCUT2D eigenvalue weighted by Crippen LogP contribution is 2.42. The van der Waals surface area contributed by atoms with Crippen LogP contribution in [0.4, 0.5) is 17.1 Å². The van der Waals surface area contributed by atoms with Crippen LogP contribution in [-0.4, -0.2) is 4.57 Å². The fourth-order valence-electron chi connectivity index (χ4n) is 7.19. The van der Waals surface area contributed by atoms with Gasteiger partial charge in [0.15, 0.2) is 0 Å². The molecule has 0 radical (unpaired) electrons. The zero-order chi connectivity index (χ0) is 47.7. The van der Waals surface area contributed by atoms with Crippen LogP contribution in [0.25, 0.3) is 72.0 Å². The van der Waals surface area contributed by atoms with Gasteiger partial charge in [-0.3, -0.25) is 0 Å². The molecule has 0 amide bonds. The SMILES string of the molecule is [2H]c1c([2H])c(-c2cccc3c2c2ccccc2n3-c2ccccc2)c([2H])c(N(c2c([2H])c([2H])c(-c3ccccc3)c([2H])c2[2H])c2c([2H])c([2H])c(-c3ccc(-c4ccccc4)cc3)c([2H])c2[2H])c1[2H]. The average molecular weight is 727 g/mol. The number of benzene rings is 9. The minimum atomic E-state index is -0.732. The number of hydrogen-bond acceptors (Lipinski definition) is 1. The van der Waals surface area contributed by atoms with Crippen LogP contribution in [0.15, 0.2) is 230 Å². The maximum Gasteiger partial charge on any atom is 0.0651 e. The fraction of sp³-hybridized carbons (Fsp3) is 0. The summed E-state index contributed by atoms with van der Waals surface area (Å²) < 4.78 is 116. The molecule has 0 atom stereocenters. The van der Waals surface area contributed by atoms with Crippen molar-refractivity contribution in [2.75, 3.05) is 4.90 Å². The average Bonchev–Trinajstić information content (AvgIpc) is 3.71. The molecule has 264 valence electrons. The van der Waals surface area contributed by atoms with Crippen LogP contribution < -0.4 is 4.90 Å². The first kappa shape index (κ1) is 22.7. The molecule has 56 heavy (non-hydrogen) atoms. The van der Waals surface area contributed by atoms with E-state index in [1.807, 2.05) is 103 Å². The molecule has 2 heteroatoms. The number of aromatic nitrogens is 1. The normalized spacial score (nSPS) is 14.2. The van der Waals surface area contributed by atoms with Gasteiger partial charge in [0.2, 0.25) is 0 Å². The predicted molar refractivity (Wildman–Crippen MR) is 237 cm³/mol. The zero-order valence-electron chi connectivity index (χ0n) is 41.9. The molecule has 0 aliphatic carbocycles. The quantitative estimate of drug-likeness (QED) is 0.151. The van der Waals surface area contributed by atoms with Gasteiger partial charge in [-0.2, -0.15) is 0 Å². The Labute approximate surface area is 344 Å². The van der Waals surface area contributed by atoms with Crippen molar-refractivity contribution in [2.45, 2.75) is 0 Å². The van der Waals surface area contributed by atoms with E-state index in [4.69, 9.17) is 0 Å². The lowest BCUT2D eigenvalue weighted by Crippen LogP contribution is -2.10. The summed E-state index contributed by atoms with van der Waals surface area (Å²) in [5.41, 5.74) is 3.44. The van der Waals surface area contributed by atoms with Crippen molar-refractivity contribution in [2.24, 2.45) is 0 Å². The largest absolute Gasteiger partial charge is 0.310 e. The van der Waals surface area contributed by atoms with E-state index in [0.29, 0.717) is 22.1 Å². The standard InChI is InChI=1S/C54H38N2/c1-4-14-39(15-5-1)41-26-28-42(29-27-41)44-32-36-48(37-33-44)55(47-34-30-43(31-35-47)40-16-6-2-7-17-40)49-21-12-18-45(38-49)50-23-13-25-53-54(50)51-22-10-11-24-52(51)56(53)46-19-8-3-9-20-46/h1-38H/i12D,18D,21D,30D,31D,32D,33D,34D,35D,36D,37D,38D. The maximum absolute atomic E-state index is 10.1. The molecule has 0 aliphatic heterocycles. The Hall–Kier alpha value is -7.42. The molecule has 0 saturated heterocycles. The van der Waals surface area contributed by atoms with Gasteiger partial charge in [0.05, 0.1) is 27.5 Å². The van der Waals surface area contributed by atoms with Gasteiger partial charge < -0.3 is 9.47 Å². The maximum atomic E-state index is 10.1. The second-order valence-corrected chi connectivity index (χ2v) is 13.2. The number of nitrogens with zero attached hydrogens (tertiary/aromatic N) is 2. The molecule has 0 N–H and O–H groups in total. The first-order valence-corrected chi connectivity index (χ1v) is 18.2. The van der Waals surface area contributed by atoms with Crippen LogP contribution in [-0.2, 0) is 0 Å². The molecule has 1 aromatic heterocycles. The lowest BCUT2D eigenvalue weighted by Gasteiger charge is -2.26. The third-order valence-corrected chi connectivity index (χ3v) is 9.83. The molecule has 0 saturated carbocycles. The molecule has 1 heterocycles. The topological polar surface area (TPSA) is 8.17 Å². The lowest BCUT2D eigenvalue weighted by molar-refractivity contribution is 1.18. The Morgan fingerprint density at radius 2 is 0.857 bits per heavy atom. The third-order valence-electron chi connectivity index (χ3n) is 9.83. The molecular formula is C54H38N2. The number of rotatable bonds is 8. The summed E-state index contributed by atoms with van der Waals surface area (Å²) in [4.78, 5) is 0.900. The van der Waals surface area contributed by atoms with E-state index >= 15 is 0 Å². The van der Waals surface area contributed by atoms with Crippen LogP contribution in [0.2, 0.25) is 0 Å². The van der Waals surface area contributed by atoms with E-state index in [9.17, 15) is 16.4 Å². The Kier molecular flexibility index (Phi) is 5.85. The number of fused-ring (bicyclic) bond motifs is 3. The van der Waals surface area contributed by atoms with E-state index in [1.54, 1.807) is 54.6 Å². The van der Waals surface area contributed by atoms with Gasteiger partial charge in [0.25, 0.3) is 0 Å². The smallest absolute Gasteiger partial charge is 0.0651 e. The van der Waals surface area contributed by atoms with Crippen LogP contribution in [0.3, 0.4) is 0 Å². The highest BCUT2D eigenvalue weighted by Gasteiger charge is 2.18. The highest BCUT2D eigenvalue weighted by atomic mass is 15.1. The van der Waals surface area contributed by atoms with Crippen LogP contribution in [0.1, 0.15) is 16.4 Å². The highest BCUT2D eigenvalue weighted by molar-refractivity contribution is 6.16. The van der Waals surface area contributed by atoms with Gasteiger partial charge >= 0.3 is 0 Å². The molecule has 0 aliphatic rings. The van der Waals surface area contributed by atoms with Crippen molar-refractivity contribution in [3.63, 3.8) is 0 Å². The van der Waals surface area contributed by atoms with Crippen LogP contribution in [0.5, 0.6) is 0 Å². The minimum absolute atomic E-state index is 0.0415. The monoisotopic (exact) mass is 726 g/mol. The molecular weight excluding hydrogens is 677 g/mol. The van der Waals surface area contributed by atoms with Crippen molar-refractivity contribution in [3.8, 4) is 50.2 Å². The molecule has 0 unspecified atom stereocenters. The van der Waals surface area contributed by atoms with Gasteiger partial charge in [-0.05, 0) is 105 Å². The molecule has 2 nitrogen and oxygen atoms in total. The zero-order valence-corrected chi connectivity index (χ0v) is 29.9. The minimum Gasteiger partial charge on any atom is -0.310 e.